The molecule has 1 amide bonds. The van der Waals surface area contributed by atoms with Crippen LogP contribution in [-0.2, 0) is 4.79 Å². The molecule has 1 atom stereocenters. The van der Waals surface area contributed by atoms with Gasteiger partial charge in [0.15, 0.2) is 0 Å². The lowest BCUT2D eigenvalue weighted by molar-refractivity contribution is -0.122. The molecule has 0 saturated heterocycles. The minimum absolute atomic E-state index is 0.0869. The second kappa shape index (κ2) is 6.83. The monoisotopic (exact) mass is 214 g/mol. The van der Waals surface area contributed by atoms with E-state index in [0.29, 0.717) is 17.8 Å². The SMILES string of the molecule is CNC(C)C(=O)NCC(C(C)C)C(C)C. The van der Waals surface area contributed by atoms with Gasteiger partial charge in [0.1, 0.15) is 0 Å². The van der Waals surface area contributed by atoms with E-state index in [0.717, 1.165) is 6.54 Å². The van der Waals surface area contributed by atoms with E-state index in [2.05, 4.69) is 38.3 Å². The van der Waals surface area contributed by atoms with Crippen molar-refractivity contribution < 1.29 is 4.79 Å². The van der Waals surface area contributed by atoms with Crippen LogP contribution in [-0.4, -0.2) is 25.5 Å². The Labute approximate surface area is 94.0 Å². The van der Waals surface area contributed by atoms with Crippen molar-refractivity contribution >= 4 is 5.91 Å². The molecule has 0 saturated carbocycles. The van der Waals surface area contributed by atoms with Crippen LogP contribution in [0, 0.1) is 17.8 Å². The van der Waals surface area contributed by atoms with Crippen molar-refractivity contribution in [3.8, 4) is 0 Å². The number of amides is 1. The van der Waals surface area contributed by atoms with Gasteiger partial charge in [0.2, 0.25) is 5.91 Å². The lowest BCUT2D eigenvalue weighted by atomic mass is 9.85. The van der Waals surface area contributed by atoms with Crippen molar-refractivity contribution in [1.29, 1.82) is 0 Å². The van der Waals surface area contributed by atoms with E-state index in [9.17, 15) is 4.79 Å². The zero-order chi connectivity index (χ0) is 12.0. The van der Waals surface area contributed by atoms with Crippen LogP contribution in [0.2, 0.25) is 0 Å². The summed E-state index contributed by atoms with van der Waals surface area (Å²) in [4.78, 5) is 11.6. The van der Waals surface area contributed by atoms with E-state index >= 15 is 0 Å². The summed E-state index contributed by atoms with van der Waals surface area (Å²) < 4.78 is 0. The van der Waals surface area contributed by atoms with Crippen molar-refractivity contribution in [2.24, 2.45) is 17.8 Å². The molecule has 3 nitrogen and oxygen atoms in total. The first-order valence-corrected chi connectivity index (χ1v) is 5.85. The van der Waals surface area contributed by atoms with Crippen molar-refractivity contribution in [2.75, 3.05) is 13.6 Å². The third-order valence-corrected chi connectivity index (χ3v) is 3.05. The Morgan fingerprint density at radius 2 is 1.53 bits per heavy atom. The Hall–Kier alpha value is -0.570. The summed E-state index contributed by atoms with van der Waals surface area (Å²) in [7, 11) is 1.80. The molecule has 0 aliphatic rings. The molecule has 0 aromatic carbocycles. The fraction of sp³-hybridized carbons (Fsp3) is 0.917. The standard InChI is InChI=1S/C12H26N2O/c1-8(2)11(9(3)4)7-14-12(15)10(5)13-6/h8-11,13H,7H2,1-6H3,(H,14,15). The van der Waals surface area contributed by atoms with Crippen LogP contribution in [0.4, 0.5) is 0 Å². The molecule has 1 unspecified atom stereocenters. The molecule has 0 aromatic rings. The third kappa shape index (κ3) is 5.17. The highest BCUT2D eigenvalue weighted by atomic mass is 16.2. The van der Waals surface area contributed by atoms with Crippen molar-refractivity contribution in [1.82, 2.24) is 10.6 Å². The maximum absolute atomic E-state index is 11.6. The average molecular weight is 214 g/mol. The summed E-state index contributed by atoms with van der Waals surface area (Å²) in [6, 6.07) is -0.107. The number of carbonyl (C=O) groups is 1. The summed E-state index contributed by atoms with van der Waals surface area (Å²) in [5, 5.41) is 5.93. The molecule has 0 fully saturated rings. The van der Waals surface area contributed by atoms with Gasteiger partial charge in [-0.3, -0.25) is 4.79 Å². The molecule has 0 spiro atoms. The second-order valence-electron chi connectivity index (χ2n) is 4.91. The van der Waals surface area contributed by atoms with E-state index in [-0.39, 0.29) is 11.9 Å². The zero-order valence-electron chi connectivity index (χ0n) is 10.9. The predicted octanol–water partition coefficient (Wildman–Crippen LogP) is 1.64. The van der Waals surface area contributed by atoms with E-state index in [1.165, 1.54) is 0 Å². The van der Waals surface area contributed by atoms with Gasteiger partial charge in [0.05, 0.1) is 6.04 Å². The van der Waals surface area contributed by atoms with Gasteiger partial charge in [-0.15, -0.1) is 0 Å². The van der Waals surface area contributed by atoms with Crippen LogP contribution in [0.25, 0.3) is 0 Å². The van der Waals surface area contributed by atoms with Crippen LogP contribution in [0.3, 0.4) is 0 Å². The molecule has 15 heavy (non-hydrogen) atoms. The maximum atomic E-state index is 11.6. The summed E-state index contributed by atoms with van der Waals surface area (Å²) >= 11 is 0. The summed E-state index contributed by atoms with van der Waals surface area (Å²) in [6.07, 6.45) is 0. The first-order chi connectivity index (χ1) is 6.90. The van der Waals surface area contributed by atoms with Crippen LogP contribution in [0.5, 0.6) is 0 Å². The molecule has 3 heteroatoms. The molecular weight excluding hydrogens is 188 g/mol. The van der Waals surface area contributed by atoms with E-state index < -0.39 is 0 Å². The fourth-order valence-electron chi connectivity index (χ4n) is 1.74. The lowest BCUT2D eigenvalue weighted by Gasteiger charge is -2.25. The minimum atomic E-state index is -0.107. The van der Waals surface area contributed by atoms with Gasteiger partial charge in [-0.1, -0.05) is 27.7 Å². The number of hydrogen-bond donors (Lipinski definition) is 2. The first kappa shape index (κ1) is 14.4. The highest BCUT2D eigenvalue weighted by Crippen LogP contribution is 2.19. The maximum Gasteiger partial charge on any atom is 0.236 e. The minimum Gasteiger partial charge on any atom is -0.354 e. The van der Waals surface area contributed by atoms with Crippen molar-refractivity contribution in [3.05, 3.63) is 0 Å². The van der Waals surface area contributed by atoms with Gasteiger partial charge >= 0.3 is 0 Å². The Kier molecular flexibility index (Phi) is 6.57. The Morgan fingerprint density at radius 3 is 1.87 bits per heavy atom. The molecule has 0 aliphatic carbocycles. The second-order valence-corrected chi connectivity index (χ2v) is 4.91. The topological polar surface area (TPSA) is 41.1 Å². The summed E-state index contributed by atoms with van der Waals surface area (Å²) in [5.74, 6) is 1.85. The van der Waals surface area contributed by atoms with Crippen molar-refractivity contribution in [2.45, 2.75) is 40.7 Å². The Bertz CT molecular complexity index is 182. The molecule has 2 N–H and O–H groups in total. The van der Waals surface area contributed by atoms with Crippen LogP contribution >= 0.6 is 0 Å². The third-order valence-electron chi connectivity index (χ3n) is 3.05. The van der Waals surface area contributed by atoms with Gasteiger partial charge in [0.25, 0.3) is 0 Å². The Morgan fingerprint density at radius 1 is 1.07 bits per heavy atom. The Balaban J connectivity index is 4.05. The fourth-order valence-corrected chi connectivity index (χ4v) is 1.74. The molecule has 0 aromatic heterocycles. The van der Waals surface area contributed by atoms with Crippen LogP contribution in [0.15, 0.2) is 0 Å². The highest BCUT2D eigenvalue weighted by molar-refractivity contribution is 5.81. The molecule has 0 bridgehead atoms. The lowest BCUT2D eigenvalue weighted by Crippen LogP contribution is -2.43. The quantitative estimate of drug-likeness (QED) is 0.706. The number of nitrogens with one attached hydrogen (secondary N) is 2. The predicted molar refractivity (Wildman–Crippen MR) is 64.7 cm³/mol. The number of rotatable bonds is 6. The summed E-state index contributed by atoms with van der Waals surface area (Å²) in [5.41, 5.74) is 0. The molecule has 0 aliphatic heterocycles. The van der Waals surface area contributed by atoms with Gasteiger partial charge in [0, 0.05) is 6.54 Å². The summed E-state index contributed by atoms with van der Waals surface area (Å²) in [6.45, 7) is 11.5. The molecule has 0 radical (unpaired) electrons. The largest absolute Gasteiger partial charge is 0.354 e. The average Bonchev–Trinajstić information content (AvgIpc) is 2.15. The van der Waals surface area contributed by atoms with Crippen LogP contribution < -0.4 is 10.6 Å². The van der Waals surface area contributed by atoms with Gasteiger partial charge in [-0.05, 0) is 31.7 Å². The van der Waals surface area contributed by atoms with E-state index in [4.69, 9.17) is 0 Å². The molecular formula is C12H26N2O. The van der Waals surface area contributed by atoms with E-state index in [1.807, 2.05) is 6.92 Å². The first-order valence-electron chi connectivity index (χ1n) is 5.85. The highest BCUT2D eigenvalue weighted by Gasteiger charge is 2.19. The smallest absolute Gasteiger partial charge is 0.236 e. The van der Waals surface area contributed by atoms with Gasteiger partial charge in [-0.2, -0.15) is 0 Å². The van der Waals surface area contributed by atoms with Gasteiger partial charge in [-0.25, -0.2) is 0 Å². The number of likely N-dealkylation sites (N-methyl/N-ethyl adjacent to an activating group) is 1. The van der Waals surface area contributed by atoms with Gasteiger partial charge < -0.3 is 10.6 Å². The molecule has 0 rings (SSSR count). The number of carbonyl (C=O) groups excluding carboxylic acids is 1. The molecule has 90 valence electrons. The number of hydrogen-bond acceptors (Lipinski definition) is 2. The van der Waals surface area contributed by atoms with Crippen molar-refractivity contribution in [3.63, 3.8) is 0 Å². The molecule has 0 heterocycles. The van der Waals surface area contributed by atoms with Crippen LogP contribution in [0.1, 0.15) is 34.6 Å². The zero-order valence-corrected chi connectivity index (χ0v) is 10.9. The normalized spacial score (nSPS) is 13.7. The van der Waals surface area contributed by atoms with E-state index in [1.54, 1.807) is 7.05 Å².